The third-order valence-electron chi connectivity index (χ3n) is 5.52. The Morgan fingerprint density at radius 2 is 1.67 bits per heavy atom. The third-order valence-corrected chi connectivity index (χ3v) is 5.52. The average molecular weight is 446 g/mol. The van der Waals surface area contributed by atoms with Crippen molar-refractivity contribution in [3.63, 3.8) is 0 Å². The van der Waals surface area contributed by atoms with E-state index in [4.69, 9.17) is 13.9 Å². The summed E-state index contributed by atoms with van der Waals surface area (Å²) in [5.74, 6) is -1.07. The van der Waals surface area contributed by atoms with Crippen molar-refractivity contribution >= 4 is 16.9 Å². The number of carbonyl (C=O) groups excluding carboxylic acids is 1. The molecule has 0 fully saturated rings. The molecule has 3 aromatic carbocycles. The van der Waals surface area contributed by atoms with Crippen molar-refractivity contribution in [3.8, 4) is 28.6 Å². The highest BCUT2D eigenvalue weighted by Crippen LogP contribution is 2.43. The highest BCUT2D eigenvalue weighted by molar-refractivity contribution is 5.90. The molecular formula is C26H22O7. The monoisotopic (exact) mass is 446 g/mol. The van der Waals surface area contributed by atoms with Crippen LogP contribution in [0.15, 0.2) is 75.9 Å². The number of phenolic OH excluding ortho intramolecular Hbond substituents is 2. The van der Waals surface area contributed by atoms with Crippen LogP contribution in [-0.2, 0) is 9.53 Å². The lowest BCUT2D eigenvalue weighted by atomic mass is 9.86. The van der Waals surface area contributed by atoms with Crippen LogP contribution in [0.4, 0.5) is 0 Å². The van der Waals surface area contributed by atoms with Crippen molar-refractivity contribution in [2.75, 3.05) is 14.2 Å². The molecule has 1 atom stereocenters. The van der Waals surface area contributed by atoms with Gasteiger partial charge in [0.05, 0.1) is 20.6 Å². The minimum absolute atomic E-state index is 0.00331. The van der Waals surface area contributed by atoms with Gasteiger partial charge >= 0.3 is 5.97 Å². The van der Waals surface area contributed by atoms with E-state index in [0.29, 0.717) is 16.9 Å². The quantitative estimate of drug-likeness (QED) is 0.418. The maximum atomic E-state index is 13.0. The molecular weight excluding hydrogens is 424 g/mol. The van der Waals surface area contributed by atoms with Crippen LogP contribution in [0.25, 0.3) is 22.3 Å². The van der Waals surface area contributed by atoms with E-state index >= 15 is 0 Å². The maximum Gasteiger partial charge on any atom is 0.306 e. The van der Waals surface area contributed by atoms with Crippen LogP contribution >= 0.6 is 0 Å². The van der Waals surface area contributed by atoms with E-state index in [0.717, 1.165) is 6.07 Å². The van der Waals surface area contributed by atoms with Gasteiger partial charge in [0.2, 0.25) is 0 Å². The summed E-state index contributed by atoms with van der Waals surface area (Å²) in [4.78, 5) is 25.3. The first-order valence-electron chi connectivity index (χ1n) is 10.2. The second-order valence-corrected chi connectivity index (χ2v) is 7.48. The molecule has 0 unspecified atom stereocenters. The molecule has 0 saturated carbocycles. The molecule has 0 aliphatic heterocycles. The lowest BCUT2D eigenvalue weighted by Gasteiger charge is -2.20. The van der Waals surface area contributed by atoms with E-state index < -0.39 is 23.1 Å². The van der Waals surface area contributed by atoms with Crippen molar-refractivity contribution in [3.05, 3.63) is 88.1 Å². The molecule has 0 amide bonds. The summed E-state index contributed by atoms with van der Waals surface area (Å²) in [5, 5.41) is 21.2. The predicted molar refractivity (Wildman–Crippen MR) is 123 cm³/mol. The van der Waals surface area contributed by atoms with Crippen LogP contribution in [0, 0.1) is 0 Å². The van der Waals surface area contributed by atoms with Crippen molar-refractivity contribution < 1.29 is 28.9 Å². The van der Waals surface area contributed by atoms with Gasteiger partial charge in [-0.05, 0) is 17.7 Å². The smallest absolute Gasteiger partial charge is 0.306 e. The van der Waals surface area contributed by atoms with Gasteiger partial charge in [-0.1, -0.05) is 42.5 Å². The molecule has 0 saturated heterocycles. The van der Waals surface area contributed by atoms with E-state index in [-0.39, 0.29) is 34.5 Å². The highest BCUT2D eigenvalue weighted by Gasteiger charge is 2.28. The molecule has 1 heterocycles. The Balaban J connectivity index is 2.01. The van der Waals surface area contributed by atoms with Gasteiger partial charge in [-0.25, -0.2) is 0 Å². The van der Waals surface area contributed by atoms with Crippen molar-refractivity contribution in [2.45, 2.75) is 12.3 Å². The van der Waals surface area contributed by atoms with Gasteiger partial charge in [0.1, 0.15) is 34.0 Å². The van der Waals surface area contributed by atoms with Gasteiger partial charge in [0.15, 0.2) is 5.43 Å². The molecule has 7 nitrogen and oxygen atoms in total. The van der Waals surface area contributed by atoms with Crippen molar-refractivity contribution in [2.24, 2.45) is 0 Å². The number of carbonyl (C=O) groups is 1. The fourth-order valence-electron chi connectivity index (χ4n) is 3.88. The molecule has 4 aromatic rings. The Bertz CT molecular complexity index is 1360. The predicted octanol–water partition coefficient (Wildman–Crippen LogP) is 4.57. The number of hydrogen-bond donors (Lipinski definition) is 2. The SMILES string of the molecule is COC(=O)C[C@H](c1ccc(OC)cc1)c1c(O)cc(O)c2c(=O)cc(-c3ccccc3)oc12. The molecule has 168 valence electrons. The number of ether oxygens (including phenoxy) is 2. The average Bonchev–Trinajstić information content (AvgIpc) is 2.83. The normalized spacial score (nSPS) is 11.8. The summed E-state index contributed by atoms with van der Waals surface area (Å²) in [7, 11) is 2.82. The van der Waals surface area contributed by atoms with Gasteiger partial charge in [-0.15, -0.1) is 0 Å². The van der Waals surface area contributed by atoms with Crippen LogP contribution in [0.3, 0.4) is 0 Å². The van der Waals surface area contributed by atoms with Gasteiger partial charge in [0, 0.05) is 29.2 Å². The first kappa shape index (κ1) is 22.0. The summed E-state index contributed by atoms with van der Waals surface area (Å²) >= 11 is 0. The lowest BCUT2D eigenvalue weighted by Crippen LogP contribution is -2.12. The molecule has 0 bridgehead atoms. The lowest BCUT2D eigenvalue weighted by molar-refractivity contribution is -0.140. The van der Waals surface area contributed by atoms with Gasteiger partial charge < -0.3 is 24.1 Å². The molecule has 0 aliphatic rings. The summed E-state index contributed by atoms with van der Waals surface area (Å²) < 4.78 is 16.2. The summed E-state index contributed by atoms with van der Waals surface area (Å²) in [6.45, 7) is 0. The number of rotatable bonds is 6. The Morgan fingerprint density at radius 3 is 2.30 bits per heavy atom. The van der Waals surface area contributed by atoms with Crippen LogP contribution in [0.1, 0.15) is 23.5 Å². The molecule has 7 heteroatoms. The minimum Gasteiger partial charge on any atom is -0.507 e. The van der Waals surface area contributed by atoms with E-state index in [1.807, 2.05) is 6.07 Å². The van der Waals surface area contributed by atoms with Crippen LogP contribution < -0.4 is 10.2 Å². The number of methoxy groups -OCH3 is 2. The van der Waals surface area contributed by atoms with Gasteiger partial charge in [-0.2, -0.15) is 0 Å². The largest absolute Gasteiger partial charge is 0.507 e. The minimum atomic E-state index is -0.722. The highest BCUT2D eigenvalue weighted by atomic mass is 16.5. The van der Waals surface area contributed by atoms with E-state index in [1.165, 1.54) is 13.2 Å². The first-order valence-corrected chi connectivity index (χ1v) is 10.2. The first-order chi connectivity index (χ1) is 15.9. The van der Waals surface area contributed by atoms with Gasteiger partial charge in [0.25, 0.3) is 0 Å². The summed E-state index contributed by atoms with van der Waals surface area (Å²) in [6, 6.07) is 18.3. The Morgan fingerprint density at radius 1 is 0.970 bits per heavy atom. The van der Waals surface area contributed by atoms with Crippen LogP contribution in [0.2, 0.25) is 0 Å². The standard InChI is InChI=1S/C26H22O7/c1-31-17-10-8-15(9-11-17)18(12-23(30)32-2)24-19(27)13-20(28)25-21(29)14-22(33-26(24)25)16-6-4-3-5-7-16/h3-11,13-14,18,27-28H,12H2,1-2H3/t18-/m1/s1. The maximum absolute atomic E-state index is 13.0. The summed E-state index contributed by atoms with van der Waals surface area (Å²) in [6.07, 6.45) is -0.129. The Labute approximate surface area is 189 Å². The zero-order valence-corrected chi connectivity index (χ0v) is 18.1. The third kappa shape index (κ3) is 4.25. The van der Waals surface area contributed by atoms with E-state index in [9.17, 15) is 19.8 Å². The molecule has 0 aliphatic carbocycles. The van der Waals surface area contributed by atoms with Crippen molar-refractivity contribution in [1.82, 2.24) is 0 Å². The molecule has 0 spiro atoms. The zero-order valence-electron chi connectivity index (χ0n) is 18.1. The summed E-state index contributed by atoms with van der Waals surface area (Å²) in [5.41, 5.74) is 1.05. The molecule has 1 aromatic heterocycles. The number of benzene rings is 3. The Hall–Kier alpha value is -4.26. The second kappa shape index (κ2) is 9.08. The molecule has 33 heavy (non-hydrogen) atoms. The number of esters is 1. The zero-order chi connectivity index (χ0) is 23.5. The second-order valence-electron chi connectivity index (χ2n) is 7.48. The number of phenols is 2. The fourth-order valence-corrected chi connectivity index (χ4v) is 3.88. The van der Waals surface area contributed by atoms with E-state index in [2.05, 4.69) is 0 Å². The van der Waals surface area contributed by atoms with Crippen LogP contribution in [-0.4, -0.2) is 30.4 Å². The number of hydrogen-bond acceptors (Lipinski definition) is 7. The number of fused-ring (bicyclic) bond motifs is 1. The van der Waals surface area contributed by atoms with Crippen molar-refractivity contribution in [1.29, 1.82) is 0 Å². The Kier molecular flexibility index (Phi) is 6.04. The van der Waals surface area contributed by atoms with Crippen LogP contribution in [0.5, 0.6) is 17.2 Å². The van der Waals surface area contributed by atoms with Gasteiger partial charge in [-0.3, -0.25) is 9.59 Å². The number of aromatic hydroxyl groups is 2. The molecule has 0 radical (unpaired) electrons. The topological polar surface area (TPSA) is 106 Å². The molecule has 4 rings (SSSR count). The molecule has 2 N–H and O–H groups in total. The van der Waals surface area contributed by atoms with E-state index in [1.54, 1.807) is 55.6 Å². The fraction of sp³-hybridized carbons (Fsp3) is 0.154.